The van der Waals surface area contributed by atoms with Crippen molar-refractivity contribution in [2.24, 2.45) is 7.05 Å². The molecule has 1 aromatic heterocycles. The maximum atomic E-state index is 12.9. The summed E-state index contributed by atoms with van der Waals surface area (Å²) in [6.45, 7) is 1.85. The van der Waals surface area contributed by atoms with Gasteiger partial charge in [0.05, 0.1) is 5.69 Å². The number of alkyl halides is 3. The molecule has 0 atom stereocenters. The summed E-state index contributed by atoms with van der Waals surface area (Å²) in [5.41, 5.74) is 1.15. The van der Waals surface area contributed by atoms with Crippen molar-refractivity contribution in [1.82, 2.24) is 9.78 Å². The first kappa shape index (κ1) is 20.3. The summed E-state index contributed by atoms with van der Waals surface area (Å²) in [6.07, 6.45) is -4.55. The topological polar surface area (TPSA) is 39.1 Å². The van der Waals surface area contributed by atoms with Crippen LogP contribution in [0.3, 0.4) is 0 Å². The van der Waals surface area contributed by atoms with Crippen LogP contribution in [-0.4, -0.2) is 14.8 Å². The molecule has 0 aliphatic rings. The van der Waals surface area contributed by atoms with Crippen molar-refractivity contribution >= 4 is 38.8 Å². The number of nitrogens with zero attached hydrogens (tertiary/aromatic N) is 2. The van der Waals surface area contributed by atoms with Gasteiger partial charge in [0.2, 0.25) is 5.88 Å². The van der Waals surface area contributed by atoms with Gasteiger partial charge in [0, 0.05) is 23.2 Å². The maximum Gasteiger partial charge on any atom is 0.435 e. The van der Waals surface area contributed by atoms with E-state index in [0.717, 1.165) is 21.9 Å². The molecule has 0 fully saturated rings. The minimum atomic E-state index is -4.55. The van der Waals surface area contributed by atoms with Gasteiger partial charge in [-0.05, 0) is 40.5 Å². The van der Waals surface area contributed by atoms with Crippen LogP contribution in [0, 0.1) is 6.92 Å². The van der Waals surface area contributed by atoms with Crippen molar-refractivity contribution in [2.45, 2.75) is 13.1 Å². The molecule has 0 saturated carbocycles. The Morgan fingerprint density at radius 3 is 2.46 bits per heavy atom. The SMILES string of the molecule is Cc1cc(Br)c(NC(=S)c2ccccc2)c(Oc2cc(C(F)(F)F)nn2C)c1. The summed E-state index contributed by atoms with van der Waals surface area (Å²) < 4.78 is 46.2. The standard InChI is InChI=1S/C19H15BrF3N3OS/c1-11-8-13(20)17(24-18(28)12-6-4-3-5-7-12)14(9-11)27-16-10-15(19(21,22)23)25-26(16)2/h3-10H,1-2H3,(H,24,28). The molecule has 0 spiro atoms. The van der Waals surface area contributed by atoms with Gasteiger partial charge in [0.1, 0.15) is 4.99 Å². The zero-order valence-corrected chi connectivity index (χ0v) is 17.2. The highest BCUT2D eigenvalue weighted by molar-refractivity contribution is 9.10. The van der Waals surface area contributed by atoms with Gasteiger partial charge >= 0.3 is 6.18 Å². The van der Waals surface area contributed by atoms with Crippen LogP contribution < -0.4 is 10.1 Å². The summed E-state index contributed by atoms with van der Waals surface area (Å²) in [7, 11) is 1.39. The van der Waals surface area contributed by atoms with Crippen molar-refractivity contribution in [3.63, 3.8) is 0 Å². The Bertz CT molecular complexity index is 1020. The lowest BCUT2D eigenvalue weighted by Crippen LogP contribution is -2.12. The molecule has 0 unspecified atom stereocenters. The van der Waals surface area contributed by atoms with E-state index in [1.165, 1.54) is 7.05 Å². The van der Waals surface area contributed by atoms with E-state index in [0.29, 0.717) is 20.9 Å². The molecule has 0 radical (unpaired) electrons. The molecule has 2 aromatic carbocycles. The van der Waals surface area contributed by atoms with Gasteiger partial charge in [-0.15, -0.1) is 0 Å². The number of aromatic nitrogens is 2. The van der Waals surface area contributed by atoms with Crippen molar-refractivity contribution in [3.05, 3.63) is 69.8 Å². The minimum Gasteiger partial charge on any atom is -0.437 e. The summed E-state index contributed by atoms with van der Waals surface area (Å²) in [5, 5.41) is 6.58. The van der Waals surface area contributed by atoms with Crippen LogP contribution in [-0.2, 0) is 13.2 Å². The second-order valence-corrected chi connectivity index (χ2v) is 7.29. The third-order valence-electron chi connectivity index (χ3n) is 3.81. The number of nitrogens with one attached hydrogen (secondary N) is 1. The van der Waals surface area contributed by atoms with E-state index in [-0.39, 0.29) is 5.88 Å². The van der Waals surface area contributed by atoms with Crippen molar-refractivity contribution < 1.29 is 17.9 Å². The number of hydrogen-bond donors (Lipinski definition) is 1. The Morgan fingerprint density at radius 2 is 1.86 bits per heavy atom. The first-order chi connectivity index (χ1) is 13.1. The van der Waals surface area contributed by atoms with E-state index in [1.807, 2.05) is 43.3 Å². The van der Waals surface area contributed by atoms with Gasteiger partial charge in [-0.1, -0.05) is 42.5 Å². The Kier molecular flexibility index (Phi) is 5.76. The number of halogens is 4. The van der Waals surface area contributed by atoms with Crippen molar-refractivity contribution in [3.8, 4) is 11.6 Å². The molecule has 3 aromatic rings. The summed E-state index contributed by atoms with van der Waals surface area (Å²) >= 11 is 8.91. The molecule has 28 heavy (non-hydrogen) atoms. The van der Waals surface area contributed by atoms with E-state index < -0.39 is 11.9 Å². The molecule has 1 heterocycles. The third-order valence-corrected chi connectivity index (χ3v) is 4.78. The van der Waals surface area contributed by atoms with E-state index in [9.17, 15) is 13.2 Å². The van der Waals surface area contributed by atoms with Crippen molar-refractivity contribution in [1.29, 1.82) is 0 Å². The van der Waals surface area contributed by atoms with E-state index in [1.54, 1.807) is 6.07 Å². The second kappa shape index (κ2) is 7.92. The summed E-state index contributed by atoms with van der Waals surface area (Å²) in [4.78, 5) is 0.455. The first-order valence-corrected chi connectivity index (χ1v) is 9.31. The predicted octanol–water partition coefficient (Wildman–Crippen LogP) is 6.09. The number of aryl methyl sites for hydroxylation is 2. The normalized spacial score (nSPS) is 11.4. The average molecular weight is 470 g/mol. The van der Waals surface area contributed by atoms with Crippen LogP contribution in [0.5, 0.6) is 11.6 Å². The predicted molar refractivity (Wildman–Crippen MR) is 109 cm³/mol. The number of rotatable bonds is 4. The molecular weight excluding hydrogens is 455 g/mol. The average Bonchev–Trinajstić information content (AvgIpc) is 2.99. The molecule has 4 nitrogen and oxygen atoms in total. The Labute approximate surface area is 173 Å². The largest absolute Gasteiger partial charge is 0.437 e. The Morgan fingerprint density at radius 1 is 1.18 bits per heavy atom. The van der Waals surface area contributed by atoms with Crippen LogP contribution in [0.1, 0.15) is 16.8 Å². The molecule has 0 aliphatic heterocycles. The van der Waals surface area contributed by atoms with Gasteiger partial charge < -0.3 is 10.1 Å². The Hall–Kier alpha value is -2.39. The Balaban J connectivity index is 1.96. The molecule has 0 bridgehead atoms. The molecule has 1 N–H and O–H groups in total. The molecule has 9 heteroatoms. The lowest BCUT2D eigenvalue weighted by molar-refractivity contribution is -0.141. The lowest BCUT2D eigenvalue weighted by atomic mass is 10.2. The van der Waals surface area contributed by atoms with Crippen LogP contribution >= 0.6 is 28.1 Å². The number of benzene rings is 2. The van der Waals surface area contributed by atoms with Crippen LogP contribution in [0.25, 0.3) is 0 Å². The maximum absolute atomic E-state index is 12.9. The van der Waals surface area contributed by atoms with E-state index >= 15 is 0 Å². The second-order valence-electron chi connectivity index (χ2n) is 6.03. The molecule has 0 saturated heterocycles. The van der Waals surface area contributed by atoms with E-state index in [4.69, 9.17) is 17.0 Å². The first-order valence-electron chi connectivity index (χ1n) is 8.11. The van der Waals surface area contributed by atoms with Gasteiger partial charge in [-0.25, -0.2) is 4.68 Å². The summed E-state index contributed by atoms with van der Waals surface area (Å²) in [6, 6.07) is 13.7. The highest BCUT2D eigenvalue weighted by Gasteiger charge is 2.35. The molecule has 3 rings (SSSR count). The highest BCUT2D eigenvalue weighted by atomic mass is 79.9. The fourth-order valence-electron chi connectivity index (χ4n) is 2.48. The van der Waals surface area contributed by atoms with Gasteiger partial charge in [-0.2, -0.15) is 18.3 Å². The minimum absolute atomic E-state index is 0.0431. The molecule has 0 amide bonds. The van der Waals surface area contributed by atoms with E-state index in [2.05, 4.69) is 26.3 Å². The zero-order chi connectivity index (χ0) is 20.5. The monoisotopic (exact) mass is 469 g/mol. The van der Waals surface area contributed by atoms with Crippen molar-refractivity contribution in [2.75, 3.05) is 5.32 Å². The van der Waals surface area contributed by atoms with Crippen LogP contribution in [0.2, 0.25) is 0 Å². The van der Waals surface area contributed by atoms with Crippen LogP contribution in [0.4, 0.5) is 18.9 Å². The summed E-state index contributed by atoms with van der Waals surface area (Å²) in [5.74, 6) is 0.278. The fraction of sp³-hybridized carbons (Fsp3) is 0.158. The zero-order valence-electron chi connectivity index (χ0n) is 14.8. The number of ether oxygens (including phenoxy) is 1. The van der Waals surface area contributed by atoms with Gasteiger partial charge in [0.25, 0.3) is 0 Å². The number of hydrogen-bond acceptors (Lipinski definition) is 3. The molecule has 146 valence electrons. The quantitative estimate of drug-likeness (QED) is 0.469. The fourth-order valence-corrected chi connectivity index (χ4v) is 3.38. The highest BCUT2D eigenvalue weighted by Crippen LogP contribution is 2.38. The molecular formula is C19H15BrF3N3OS. The van der Waals surface area contributed by atoms with Gasteiger partial charge in [-0.3, -0.25) is 0 Å². The number of thiocarbonyl (C=S) groups is 1. The molecule has 0 aliphatic carbocycles. The number of anilines is 1. The smallest absolute Gasteiger partial charge is 0.435 e. The third kappa shape index (κ3) is 4.53. The lowest BCUT2D eigenvalue weighted by Gasteiger charge is -2.16. The van der Waals surface area contributed by atoms with Crippen LogP contribution in [0.15, 0.2) is 53.0 Å². The van der Waals surface area contributed by atoms with Gasteiger partial charge in [0.15, 0.2) is 11.4 Å².